The quantitative estimate of drug-likeness (QED) is 0.744. The molecule has 1 aliphatic carbocycles. The van der Waals surface area contributed by atoms with Crippen LogP contribution in [0.1, 0.15) is 46.1 Å². The van der Waals surface area contributed by atoms with Crippen molar-refractivity contribution in [3.63, 3.8) is 0 Å². The molecule has 1 aliphatic rings. The third kappa shape index (κ3) is 5.04. The number of fused-ring (bicyclic) bond motifs is 1. The highest BCUT2D eigenvalue weighted by Crippen LogP contribution is 2.30. The van der Waals surface area contributed by atoms with Crippen molar-refractivity contribution < 1.29 is 19.1 Å². The van der Waals surface area contributed by atoms with E-state index in [1.807, 2.05) is 35.7 Å². The second kappa shape index (κ2) is 8.95. The Morgan fingerprint density at radius 1 is 1.15 bits per heavy atom. The summed E-state index contributed by atoms with van der Waals surface area (Å²) in [5.41, 5.74) is 2.61. The van der Waals surface area contributed by atoms with Gasteiger partial charge < -0.3 is 10.1 Å². The summed E-state index contributed by atoms with van der Waals surface area (Å²) < 4.78 is 5.19. The van der Waals surface area contributed by atoms with E-state index in [9.17, 15) is 14.4 Å². The number of esters is 1. The lowest BCUT2D eigenvalue weighted by molar-refractivity contribution is -0.128. The Morgan fingerprint density at radius 2 is 1.89 bits per heavy atom. The smallest absolute Gasteiger partial charge is 0.339 e. The van der Waals surface area contributed by atoms with Gasteiger partial charge >= 0.3 is 5.97 Å². The highest BCUT2D eigenvalue weighted by molar-refractivity contribution is 7.10. The highest BCUT2D eigenvalue weighted by atomic mass is 32.1. The Labute approximate surface area is 162 Å². The Morgan fingerprint density at radius 3 is 2.63 bits per heavy atom. The number of carbonyl (C=O) groups is 3. The normalized spacial score (nSPS) is 14.1. The van der Waals surface area contributed by atoms with Crippen LogP contribution in [-0.4, -0.2) is 30.3 Å². The lowest BCUT2D eigenvalue weighted by atomic mass is 9.96. The number of rotatable bonds is 7. The molecule has 1 N–H and O–H groups in total. The largest absolute Gasteiger partial charge is 0.452 e. The van der Waals surface area contributed by atoms with Crippen molar-refractivity contribution in [2.45, 2.75) is 45.1 Å². The minimum absolute atomic E-state index is 0.134. The molecule has 0 spiro atoms. The van der Waals surface area contributed by atoms with Gasteiger partial charge in [0.25, 0.3) is 5.91 Å². The predicted octanol–water partition coefficient (Wildman–Crippen LogP) is 3.10. The zero-order chi connectivity index (χ0) is 19.2. The van der Waals surface area contributed by atoms with Crippen LogP contribution in [0.5, 0.6) is 0 Å². The fourth-order valence-electron chi connectivity index (χ4n) is 3.26. The van der Waals surface area contributed by atoms with Gasteiger partial charge in [-0.05, 0) is 50.2 Å². The highest BCUT2D eigenvalue weighted by Gasteiger charge is 2.23. The first kappa shape index (κ1) is 19.3. The van der Waals surface area contributed by atoms with Crippen LogP contribution in [0, 0.1) is 0 Å². The van der Waals surface area contributed by atoms with Gasteiger partial charge in [0.05, 0.1) is 11.6 Å². The van der Waals surface area contributed by atoms with Gasteiger partial charge in [0.15, 0.2) is 12.4 Å². The summed E-state index contributed by atoms with van der Waals surface area (Å²) >= 11 is 1.58. The average molecular weight is 385 g/mol. The molecule has 1 heterocycles. The van der Waals surface area contributed by atoms with Gasteiger partial charge in [0, 0.05) is 10.3 Å². The van der Waals surface area contributed by atoms with E-state index in [0.29, 0.717) is 12.0 Å². The zero-order valence-electron chi connectivity index (χ0n) is 15.3. The molecule has 1 amide bonds. The molecule has 0 fully saturated rings. The molecule has 0 radical (unpaired) electrons. The minimum Gasteiger partial charge on any atom is -0.452 e. The summed E-state index contributed by atoms with van der Waals surface area (Å²) in [7, 11) is 0. The Hall–Kier alpha value is -2.47. The maximum absolute atomic E-state index is 12.3. The number of thiophene rings is 1. The predicted molar refractivity (Wildman–Crippen MR) is 104 cm³/mol. The molecule has 27 heavy (non-hydrogen) atoms. The molecular weight excluding hydrogens is 362 g/mol. The molecule has 6 heteroatoms. The molecular formula is C21H23NO4S. The maximum atomic E-state index is 12.3. The number of amides is 1. The van der Waals surface area contributed by atoms with Crippen LogP contribution in [-0.2, 0) is 33.6 Å². The van der Waals surface area contributed by atoms with E-state index in [4.69, 9.17) is 4.74 Å². The number of Topliss-reactive ketones (excluding diaryl/α,β-unsaturated/α-hetero) is 1. The summed E-state index contributed by atoms with van der Waals surface area (Å²) in [4.78, 5) is 37.6. The van der Waals surface area contributed by atoms with Crippen molar-refractivity contribution in [3.05, 3.63) is 57.3 Å². The molecule has 3 rings (SSSR count). The van der Waals surface area contributed by atoms with Gasteiger partial charge in [-0.2, -0.15) is 0 Å². The molecule has 1 atom stereocenters. The number of hydrogen-bond donors (Lipinski definition) is 1. The van der Waals surface area contributed by atoms with Crippen molar-refractivity contribution >= 4 is 29.0 Å². The molecule has 0 unspecified atom stereocenters. The monoisotopic (exact) mass is 385 g/mol. The van der Waals surface area contributed by atoms with E-state index >= 15 is 0 Å². The molecule has 5 nitrogen and oxygen atoms in total. The van der Waals surface area contributed by atoms with Gasteiger partial charge in [0.2, 0.25) is 0 Å². The van der Waals surface area contributed by atoms with Gasteiger partial charge in [0.1, 0.15) is 0 Å². The van der Waals surface area contributed by atoms with E-state index < -0.39 is 17.9 Å². The van der Waals surface area contributed by atoms with Crippen molar-refractivity contribution in [3.8, 4) is 0 Å². The van der Waals surface area contributed by atoms with Crippen LogP contribution in [0.25, 0.3) is 0 Å². The number of aryl methyl sites for hydroxylation is 1. The van der Waals surface area contributed by atoms with Crippen molar-refractivity contribution in [2.24, 2.45) is 0 Å². The number of ketones is 1. The molecule has 0 saturated heterocycles. The fraction of sp³-hybridized carbons (Fsp3) is 0.381. The summed E-state index contributed by atoms with van der Waals surface area (Å²) in [5, 5.41) is 4.49. The summed E-state index contributed by atoms with van der Waals surface area (Å²) in [5.74, 6) is -1.07. The zero-order valence-corrected chi connectivity index (χ0v) is 16.1. The van der Waals surface area contributed by atoms with Crippen LogP contribution in [0.3, 0.4) is 0 Å². The summed E-state index contributed by atoms with van der Waals surface area (Å²) in [6, 6.07) is 8.85. The average Bonchev–Trinajstić information content (AvgIpc) is 3.10. The van der Waals surface area contributed by atoms with Gasteiger partial charge in [-0.15, -0.1) is 11.3 Å². The third-order valence-corrected chi connectivity index (χ3v) is 5.81. The Bertz CT molecular complexity index is 828. The van der Waals surface area contributed by atoms with E-state index in [0.717, 1.165) is 36.8 Å². The van der Waals surface area contributed by atoms with Gasteiger partial charge in [-0.3, -0.25) is 9.59 Å². The van der Waals surface area contributed by atoms with E-state index in [2.05, 4.69) is 5.32 Å². The number of nitrogens with one attached hydrogen (secondary N) is 1. The Balaban J connectivity index is 1.54. The van der Waals surface area contributed by atoms with Crippen LogP contribution < -0.4 is 5.32 Å². The van der Waals surface area contributed by atoms with Crippen molar-refractivity contribution in [1.29, 1.82) is 0 Å². The summed E-state index contributed by atoms with van der Waals surface area (Å²) in [6.07, 6.45) is 4.53. The summed E-state index contributed by atoms with van der Waals surface area (Å²) in [6.45, 7) is 1.06. The van der Waals surface area contributed by atoms with E-state index in [1.165, 1.54) is 11.8 Å². The maximum Gasteiger partial charge on any atom is 0.339 e. The lowest BCUT2D eigenvalue weighted by Gasteiger charge is -2.16. The molecule has 0 bridgehead atoms. The Kier molecular flexibility index (Phi) is 6.40. The standard InChI is InChI=1S/C21H23NO4S/c1-14(23)18(11-15-7-3-2-4-8-15)22-20(24)12-26-21(25)17-13-27-19-10-6-5-9-16(17)19/h2-4,7-8,13,18H,5-6,9-12H2,1H3,(H,22,24)/t18-/m1/s1. The van der Waals surface area contributed by atoms with Crippen LogP contribution in [0.2, 0.25) is 0 Å². The fourth-order valence-corrected chi connectivity index (χ4v) is 4.37. The molecule has 0 saturated carbocycles. The van der Waals surface area contributed by atoms with Crippen LogP contribution >= 0.6 is 11.3 Å². The third-order valence-electron chi connectivity index (χ3n) is 4.72. The molecule has 2 aromatic rings. The van der Waals surface area contributed by atoms with Gasteiger partial charge in [-0.1, -0.05) is 30.3 Å². The number of carbonyl (C=O) groups excluding carboxylic acids is 3. The first-order valence-electron chi connectivity index (χ1n) is 9.14. The van der Waals surface area contributed by atoms with E-state index in [1.54, 1.807) is 11.3 Å². The number of ether oxygens (including phenoxy) is 1. The van der Waals surface area contributed by atoms with Gasteiger partial charge in [-0.25, -0.2) is 4.79 Å². The second-order valence-electron chi connectivity index (χ2n) is 6.75. The topological polar surface area (TPSA) is 72.5 Å². The van der Waals surface area contributed by atoms with Crippen LogP contribution in [0.15, 0.2) is 35.7 Å². The molecule has 142 valence electrons. The molecule has 1 aromatic heterocycles. The lowest BCUT2D eigenvalue weighted by Crippen LogP contribution is -2.43. The molecule has 1 aromatic carbocycles. The second-order valence-corrected chi connectivity index (χ2v) is 7.72. The van der Waals surface area contributed by atoms with Crippen molar-refractivity contribution in [2.75, 3.05) is 6.61 Å². The van der Waals surface area contributed by atoms with Crippen molar-refractivity contribution in [1.82, 2.24) is 5.32 Å². The number of hydrogen-bond acceptors (Lipinski definition) is 5. The SMILES string of the molecule is CC(=O)[C@@H](Cc1ccccc1)NC(=O)COC(=O)c1csc2c1CCCC2. The minimum atomic E-state index is -0.632. The molecule has 0 aliphatic heterocycles. The van der Waals surface area contributed by atoms with E-state index in [-0.39, 0.29) is 12.4 Å². The first-order valence-corrected chi connectivity index (χ1v) is 10.0. The first-order chi connectivity index (χ1) is 13.0. The number of benzene rings is 1. The van der Waals surface area contributed by atoms with Crippen LogP contribution in [0.4, 0.5) is 0 Å².